The van der Waals surface area contributed by atoms with Crippen LogP contribution in [-0.2, 0) is 9.59 Å². The number of benzene rings is 2. The van der Waals surface area contributed by atoms with Crippen molar-refractivity contribution in [1.82, 2.24) is 4.90 Å². The fourth-order valence-electron chi connectivity index (χ4n) is 5.27. The zero-order valence-corrected chi connectivity index (χ0v) is 21.0. The van der Waals surface area contributed by atoms with Gasteiger partial charge in [0.25, 0.3) is 11.7 Å². The van der Waals surface area contributed by atoms with Gasteiger partial charge in [0.05, 0.1) is 24.8 Å². The summed E-state index contributed by atoms with van der Waals surface area (Å²) in [5, 5.41) is 11.5. The number of ether oxygens (including phenoxy) is 2. The first kappa shape index (κ1) is 24.8. The van der Waals surface area contributed by atoms with E-state index >= 15 is 0 Å². The van der Waals surface area contributed by atoms with E-state index in [4.69, 9.17) is 9.47 Å². The van der Waals surface area contributed by atoms with Gasteiger partial charge in [-0.1, -0.05) is 38.8 Å². The van der Waals surface area contributed by atoms with E-state index in [0.717, 1.165) is 42.6 Å². The van der Waals surface area contributed by atoms with Crippen LogP contribution in [0.5, 0.6) is 11.5 Å². The molecule has 1 heterocycles. The van der Waals surface area contributed by atoms with E-state index in [1.165, 1.54) is 0 Å². The van der Waals surface area contributed by atoms with Crippen LogP contribution in [-0.4, -0.2) is 41.0 Å². The zero-order valence-electron chi connectivity index (χ0n) is 21.0. The second kappa shape index (κ2) is 10.5. The van der Waals surface area contributed by atoms with Crippen LogP contribution in [0.4, 0.5) is 0 Å². The van der Waals surface area contributed by atoms with Crippen LogP contribution in [0.3, 0.4) is 0 Å². The molecule has 2 aliphatic rings. The molecule has 1 saturated heterocycles. The van der Waals surface area contributed by atoms with Gasteiger partial charge in [-0.25, -0.2) is 0 Å². The summed E-state index contributed by atoms with van der Waals surface area (Å²) in [5.41, 5.74) is 2.34. The Hall–Kier alpha value is -3.28. The van der Waals surface area contributed by atoms with Gasteiger partial charge in [0.15, 0.2) is 0 Å². The predicted octanol–water partition coefficient (Wildman–Crippen LogP) is 5.97. The lowest BCUT2D eigenvalue weighted by atomic mass is 9.92. The van der Waals surface area contributed by atoms with Crippen molar-refractivity contribution in [3.8, 4) is 11.5 Å². The molecule has 2 aromatic carbocycles. The minimum atomic E-state index is -0.660. The topological polar surface area (TPSA) is 76.1 Å². The number of hydrogen-bond acceptors (Lipinski definition) is 5. The molecule has 6 heteroatoms. The number of likely N-dealkylation sites (tertiary alicyclic amines) is 1. The van der Waals surface area contributed by atoms with Crippen LogP contribution in [0.15, 0.2) is 48.0 Å². The Kier molecular flexibility index (Phi) is 7.48. The lowest BCUT2D eigenvalue weighted by Gasteiger charge is -2.31. The molecule has 0 aromatic heterocycles. The SMILES string of the molecule is CCOc1cccc(C2/C(=C(\O)c3ccc(OCC)c(C(C)C)c3)C(=O)C(=O)N2C2CCCC2)c1. The lowest BCUT2D eigenvalue weighted by molar-refractivity contribution is -0.141. The number of ketones is 1. The highest BCUT2D eigenvalue weighted by atomic mass is 16.5. The van der Waals surface area contributed by atoms with Gasteiger partial charge < -0.3 is 19.5 Å². The largest absolute Gasteiger partial charge is 0.507 e. The molecule has 1 atom stereocenters. The zero-order chi connectivity index (χ0) is 25.1. The summed E-state index contributed by atoms with van der Waals surface area (Å²) in [4.78, 5) is 28.4. The molecule has 4 rings (SSSR count). The molecule has 1 aliphatic heterocycles. The summed E-state index contributed by atoms with van der Waals surface area (Å²) < 4.78 is 11.5. The Morgan fingerprint density at radius 1 is 1.03 bits per heavy atom. The maximum Gasteiger partial charge on any atom is 0.295 e. The van der Waals surface area contributed by atoms with Crippen LogP contribution in [0.1, 0.15) is 82.0 Å². The van der Waals surface area contributed by atoms with Crippen LogP contribution in [0.25, 0.3) is 5.76 Å². The highest BCUT2D eigenvalue weighted by Crippen LogP contribution is 2.44. The van der Waals surface area contributed by atoms with E-state index in [0.29, 0.717) is 24.5 Å². The van der Waals surface area contributed by atoms with Gasteiger partial charge in [0.2, 0.25) is 0 Å². The molecule has 1 aliphatic carbocycles. The van der Waals surface area contributed by atoms with E-state index in [1.54, 1.807) is 11.0 Å². The van der Waals surface area contributed by atoms with Crippen LogP contribution in [0.2, 0.25) is 0 Å². The highest BCUT2D eigenvalue weighted by Gasteiger charge is 2.49. The first-order chi connectivity index (χ1) is 16.9. The molecule has 35 heavy (non-hydrogen) atoms. The maximum atomic E-state index is 13.4. The molecule has 6 nitrogen and oxygen atoms in total. The van der Waals surface area contributed by atoms with E-state index in [1.807, 2.05) is 50.2 Å². The monoisotopic (exact) mass is 477 g/mol. The summed E-state index contributed by atoms with van der Waals surface area (Å²) in [6.45, 7) is 9.00. The van der Waals surface area contributed by atoms with E-state index < -0.39 is 17.7 Å². The van der Waals surface area contributed by atoms with Crippen LogP contribution < -0.4 is 9.47 Å². The lowest BCUT2D eigenvalue weighted by Crippen LogP contribution is -2.37. The Balaban J connectivity index is 1.87. The number of rotatable bonds is 8. The third-order valence-corrected chi connectivity index (χ3v) is 6.89. The number of aliphatic hydroxyl groups is 1. The molecular weight excluding hydrogens is 442 g/mol. The number of aliphatic hydroxyl groups excluding tert-OH is 1. The van der Waals surface area contributed by atoms with Crippen molar-refractivity contribution in [2.45, 2.75) is 71.4 Å². The third kappa shape index (κ3) is 4.79. The van der Waals surface area contributed by atoms with E-state index in [-0.39, 0.29) is 23.3 Å². The summed E-state index contributed by atoms with van der Waals surface area (Å²) in [6, 6.07) is 12.2. The number of carbonyl (C=O) groups excluding carboxylic acids is 2. The first-order valence-electron chi connectivity index (χ1n) is 12.7. The summed E-state index contributed by atoms with van der Waals surface area (Å²) in [6.07, 6.45) is 3.76. The van der Waals surface area contributed by atoms with Gasteiger partial charge in [0.1, 0.15) is 17.3 Å². The Morgan fingerprint density at radius 3 is 2.40 bits per heavy atom. The smallest absolute Gasteiger partial charge is 0.295 e. The number of amides is 1. The Bertz CT molecular complexity index is 1130. The van der Waals surface area contributed by atoms with Crippen molar-refractivity contribution < 1.29 is 24.2 Å². The summed E-state index contributed by atoms with van der Waals surface area (Å²) in [5.74, 6) is 0.252. The molecular formula is C29H35NO5. The second-order valence-electron chi connectivity index (χ2n) is 9.49. The fraction of sp³-hybridized carbons (Fsp3) is 0.448. The average Bonchev–Trinajstić information content (AvgIpc) is 3.46. The van der Waals surface area contributed by atoms with Crippen LogP contribution in [0, 0.1) is 0 Å². The van der Waals surface area contributed by atoms with E-state index in [9.17, 15) is 14.7 Å². The number of hydrogen-bond donors (Lipinski definition) is 1. The number of nitrogens with zero attached hydrogens (tertiary/aromatic N) is 1. The predicted molar refractivity (Wildman–Crippen MR) is 136 cm³/mol. The quantitative estimate of drug-likeness (QED) is 0.288. The van der Waals surface area contributed by atoms with Crippen molar-refractivity contribution in [3.63, 3.8) is 0 Å². The molecule has 2 aromatic rings. The molecule has 0 radical (unpaired) electrons. The Labute approximate surface area is 207 Å². The average molecular weight is 478 g/mol. The van der Waals surface area contributed by atoms with Crippen molar-refractivity contribution in [2.24, 2.45) is 0 Å². The molecule has 0 spiro atoms. The number of carbonyl (C=O) groups is 2. The van der Waals surface area contributed by atoms with E-state index in [2.05, 4.69) is 13.8 Å². The minimum Gasteiger partial charge on any atom is -0.507 e. The molecule has 186 valence electrons. The molecule has 1 unspecified atom stereocenters. The van der Waals surface area contributed by atoms with Gasteiger partial charge in [-0.2, -0.15) is 0 Å². The van der Waals surface area contributed by atoms with Gasteiger partial charge in [-0.15, -0.1) is 0 Å². The number of Topliss-reactive ketones (excluding diaryl/α,β-unsaturated/α-hetero) is 1. The molecule has 0 bridgehead atoms. The highest BCUT2D eigenvalue weighted by molar-refractivity contribution is 6.46. The van der Waals surface area contributed by atoms with Gasteiger partial charge in [0, 0.05) is 11.6 Å². The van der Waals surface area contributed by atoms with Crippen molar-refractivity contribution in [2.75, 3.05) is 13.2 Å². The first-order valence-corrected chi connectivity index (χ1v) is 12.7. The van der Waals surface area contributed by atoms with Gasteiger partial charge in [-0.05, 0) is 74.1 Å². The fourth-order valence-corrected chi connectivity index (χ4v) is 5.27. The minimum absolute atomic E-state index is 0.0240. The maximum absolute atomic E-state index is 13.4. The third-order valence-electron chi connectivity index (χ3n) is 6.89. The molecule has 1 saturated carbocycles. The molecule has 2 fully saturated rings. The summed E-state index contributed by atoms with van der Waals surface area (Å²) in [7, 11) is 0. The Morgan fingerprint density at radius 2 is 1.74 bits per heavy atom. The van der Waals surface area contributed by atoms with Crippen LogP contribution >= 0.6 is 0 Å². The second-order valence-corrected chi connectivity index (χ2v) is 9.49. The van der Waals surface area contributed by atoms with Crippen molar-refractivity contribution in [1.29, 1.82) is 0 Å². The normalized spacial score (nSPS) is 20.1. The molecule has 1 N–H and O–H groups in total. The van der Waals surface area contributed by atoms with Gasteiger partial charge in [-0.3, -0.25) is 9.59 Å². The van der Waals surface area contributed by atoms with Crippen molar-refractivity contribution in [3.05, 3.63) is 64.7 Å². The standard InChI is InChI=1S/C29H35NO5/c1-5-34-22-13-9-10-19(16-22)26-25(28(32)29(33)30(26)21-11-7-8-12-21)27(31)20-14-15-24(35-6-2)23(17-20)18(3)4/h9-10,13-18,21,26,31H,5-8,11-12H2,1-4H3/b27-25+. The summed E-state index contributed by atoms with van der Waals surface area (Å²) >= 11 is 0. The van der Waals surface area contributed by atoms with Gasteiger partial charge >= 0.3 is 0 Å². The molecule has 1 amide bonds. The van der Waals surface area contributed by atoms with Crippen molar-refractivity contribution >= 4 is 17.4 Å².